The van der Waals surface area contributed by atoms with Gasteiger partial charge in [0.2, 0.25) is 0 Å². The van der Waals surface area contributed by atoms with Crippen molar-refractivity contribution in [3.05, 3.63) is 83.9 Å². The minimum atomic E-state index is -0.861. The van der Waals surface area contributed by atoms with Crippen LogP contribution in [0.15, 0.2) is 78.9 Å². The number of ether oxygens (including phenoxy) is 2. The lowest BCUT2D eigenvalue weighted by Gasteiger charge is -2.15. The van der Waals surface area contributed by atoms with Crippen LogP contribution in [-0.2, 0) is 14.3 Å². The SMILES string of the molecule is C[C@@H](Oc1ccc(Cl)cc1)C(=O)OCC(=O)Nc1ccccc1-c1ccccc1. The molecular weight excluding hydrogens is 390 g/mol. The molecule has 0 aromatic heterocycles. The fourth-order valence-corrected chi connectivity index (χ4v) is 2.79. The van der Waals surface area contributed by atoms with Gasteiger partial charge >= 0.3 is 5.97 Å². The molecule has 0 aliphatic rings. The average molecular weight is 410 g/mol. The Kier molecular flexibility index (Phi) is 6.87. The van der Waals surface area contributed by atoms with Crippen molar-refractivity contribution in [1.29, 1.82) is 0 Å². The minimum Gasteiger partial charge on any atom is -0.479 e. The molecular formula is C23H20ClNO4. The molecule has 29 heavy (non-hydrogen) atoms. The summed E-state index contributed by atoms with van der Waals surface area (Å²) < 4.78 is 10.6. The van der Waals surface area contributed by atoms with Gasteiger partial charge in [0.25, 0.3) is 5.91 Å². The third-order valence-corrected chi connectivity index (χ3v) is 4.34. The first kappa shape index (κ1) is 20.4. The number of carbonyl (C=O) groups excluding carboxylic acids is 2. The highest BCUT2D eigenvalue weighted by atomic mass is 35.5. The Bertz CT molecular complexity index is 974. The summed E-state index contributed by atoms with van der Waals surface area (Å²) in [6.45, 7) is 1.15. The Balaban J connectivity index is 1.55. The summed E-state index contributed by atoms with van der Waals surface area (Å²) in [5.74, 6) is -0.577. The molecule has 5 nitrogen and oxygen atoms in total. The van der Waals surface area contributed by atoms with E-state index in [-0.39, 0.29) is 0 Å². The Morgan fingerprint density at radius 3 is 2.31 bits per heavy atom. The number of benzene rings is 3. The molecule has 0 heterocycles. The third kappa shape index (κ3) is 5.83. The van der Waals surface area contributed by atoms with Crippen LogP contribution in [0, 0.1) is 0 Å². The van der Waals surface area contributed by atoms with Gasteiger partial charge in [0.05, 0.1) is 0 Å². The van der Waals surface area contributed by atoms with Crippen LogP contribution in [-0.4, -0.2) is 24.6 Å². The Morgan fingerprint density at radius 2 is 1.59 bits per heavy atom. The molecule has 0 saturated heterocycles. The molecule has 0 fully saturated rings. The normalized spacial score (nSPS) is 11.4. The van der Waals surface area contributed by atoms with E-state index >= 15 is 0 Å². The zero-order chi connectivity index (χ0) is 20.6. The monoisotopic (exact) mass is 409 g/mol. The van der Waals surface area contributed by atoms with Crippen molar-refractivity contribution in [1.82, 2.24) is 0 Å². The number of amides is 1. The van der Waals surface area contributed by atoms with Crippen molar-refractivity contribution in [2.24, 2.45) is 0 Å². The summed E-state index contributed by atoms with van der Waals surface area (Å²) in [4.78, 5) is 24.4. The third-order valence-electron chi connectivity index (χ3n) is 4.09. The van der Waals surface area contributed by atoms with Crippen LogP contribution in [0.25, 0.3) is 11.1 Å². The molecule has 0 spiro atoms. The first-order valence-corrected chi connectivity index (χ1v) is 9.44. The highest BCUT2D eigenvalue weighted by molar-refractivity contribution is 6.30. The Morgan fingerprint density at radius 1 is 0.931 bits per heavy atom. The largest absolute Gasteiger partial charge is 0.479 e. The molecule has 0 unspecified atom stereocenters. The van der Waals surface area contributed by atoms with E-state index in [1.807, 2.05) is 48.5 Å². The second kappa shape index (κ2) is 9.75. The molecule has 0 radical (unpaired) electrons. The molecule has 0 aliphatic heterocycles. The number of nitrogens with one attached hydrogen (secondary N) is 1. The standard InChI is InChI=1S/C23H20ClNO4/c1-16(29-19-13-11-18(24)12-14-19)23(27)28-15-22(26)25-21-10-6-5-9-20(21)17-7-3-2-4-8-17/h2-14,16H,15H2,1H3,(H,25,26)/t16-/m1/s1. The maximum Gasteiger partial charge on any atom is 0.347 e. The van der Waals surface area contributed by atoms with E-state index in [4.69, 9.17) is 21.1 Å². The fraction of sp³-hybridized carbons (Fsp3) is 0.130. The maximum absolute atomic E-state index is 12.3. The first-order chi connectivity index (χ1) is 14.0. The number of para-hydroxylation sites is 1. The van der Waals surface area contributed by atoms with Gasteiger partial charge in [-0.1, -0.05) is 60.1 Å². The van der Waals surface area contributed by atoms with E-state index < -0.39 is 24.6 Å². The van der Waals surface area contributed by atoms with Crippen molar-refractivity contribution >= 4 is 29.2 Å². The lowest BCUT2D eigenvalue weighted by molar-refractivity contribution is -0.153. The van der Waals surface area contributed by atoms with Crippen LogP contribution in [0.2, 0.25) is 5.02 Å². The van der Waals surface area contributed by atoms with Crippen molar-refractivity contribution < 1.29 is 19.1 Å². The zero-order valence-electron chi connectivity index (χ0n) is 15.8. The minimum absolute atomic E-state index is 0.406. The molecule has 3 rings (SSSR count). The summed E-state index contributed by atoms with van der Waals surface area (Å²) >= 11 is 5.82. The number of esters is 1. The Hall–Kier alpha value is -3.31. The van der Waals surface area contributed by atoms with Crippen molar-refractivity contribution in [2.45, 2.75) is 13.0 Å². The summed E-state index contributed by atoms with van der Waals surface area (Å²) in [5.41, 5.74) is 2.50. The van der Waals surface area contributed by atoms with Crippen LogP contribution < -0.4 is 10.1 Å². The van der Waals surface area contributed by atoms with E-state index in [1.165, 1.54) is 0 Å². The predicted molar refractivity (Wildman–Crippen MR) is 113 cm³/mol. The average Bonchev–Trinajstić information content (AvgIpc) is 2.74. The van der Waals surface area contributed by atoms with Crippen LogP contribution in [0.4, 0.5) is 5.69 Å². The topological polar surface area (TPSA) is 64.6 Å². The van der Waals surface area contributed by atoms with Gasteiger partial charge in [-0.3, -0.25) is 4.79 Å². The Labute approximate surface area is 174 Å². The van der Waals surface area contributed by atoms with E-state index in [2.05, 4.69) is 5.32 Å². The van der Waals surface area contributed by atoms with Gasteiger partial charge in [0.1, 0.15) is 5.75 Å². The summed E-state index contributed by atoms with van der Waals surface area (Å²) in [5, 5.41) is 3.36. The lowest BCUT2D eigenvalue weighted by Crippen LogP contribution is -2.29. The lowest BCUT2D eigenvalue weighted by atomic mass is 10.0. The molecule has 0 aliphatic carbocycles. The molecule has 3 aromatic rings. The fourth-order valence-electron chi connectivity index (χ4n) is 2.67. The first-order valence-electron chi connectivity index (χ1n) is 9.06. The number of rotatable bonds is 7. The van der Waals surface area contributed by atoms with Crippen LogP contribution in [0.1, 0.15) is 6.92 Å². The van der Waals surface area contributed by atoms with Crippen molar-refractivity contribution in [3.8, 4) is 16.9 Å². The van der Waals surface area contributed by atoms with E-state index in [9.17, 15) is 9.59 Å². The number of hydrogen-bond donors (Lipinski definition) is 1. The molecule has 3 aromatic carbocycles. The highest BCUT2D eigenvalue weighted by Crippen LogP contribution is 2.27. The van der Waals surface area contributed by atoms with Crippen LogP contribution in [0.3, 0.4) is 0 Å². The molecule has 1 amide bonds. The quantitative estimate of drug-likeness (QED) is 0.560. The molecule has 0 bridgehead atoms. The van der Waals surface area contributed by atoms with Crippen molar-refractivity contribution in [2.75, 3.05) is 11.9 Å². The van der Waals surface area contributed by atoms with Gasteiger partial charge < -0.3 is 14.8 Å². The van der Waals surface area contributed by atoms with Gasteiger partial charge in [-0.2, -0.15) is 0 Å². The van der Waals surface area contributed by atoms with Crippen LogP contribution >= 0.6 is 11.6 Å². The molecule has 148 valence electrons. The van der Waals surface area contributed by atoms with Gasteiger partial charge in [0, 0.05) is 16.3 Å². The second-order valence-electron chi connectivity index (χ2n) is 6.28. The highest BCUT2D eigenvalue weighted by Gasteiger charge is 2.18. The predicted octanol–water partition coefficient (Wildman–Crippen LogP) is 4.96. The summed E-state index contributed by atoms with van der Waals surface area (Å²) in [7, 11) is 0. The molecule has 1 N–H and O–H groups in total. The van der Waals surface area contributed by atoms with Crippen molar-refractivity contribution in [3.63, 3.8) is 0 Å². The zero-order valence-corrected chi connectivity index (χ0v) is 16.6. The van der Waals surface area contributed by atoms with Gasteiger partial charge in [-0.25, -0.2) is 4.79 Å². The second-order valence-corrected chi connectivity index (χ2v) is 6.72. The number of hydrogen-bond acceptors (Lipinski definition) is 4. The van der Waals surface area contributed by atoms with Gasteiger partial charge in [0.15, 0.2) is 12.7 Å². The number of carbonyl (C=O) groups is 2. The van der Waals surface area contributed by atoms with Gasteiger partial charge in [-0.15, -0.1) is 0 Å². The van der Waals surface area contributed by atoms with E-state index in [0.29, 0.717) is 16.5 Å². The number of anilines is 1. The summed E-state index contributed by atoms with van der Waals surface area (Å²) in [6.07, 6.45) is -0.861. The smallest absolute Gasteiger partial charge is 0.347 e. The van der Waals surface area contributed by atoms with E-state index in [1.54, 1.807) is 37.3 Å². The van der Waals surface area contributed by atoms with E-state index in [0.717, 1.165) is 11.1 Å². The molecule has 1 atom stereocenters. The maximum atomic E-state index is 12.3. The molecule has 6 heteroatoms. The van der Waals surface area contributed by atoms with Crippen LogP contribution in [0.5, 0.6) is 5.75 Å². The summed E-state index contributed by atoms with van der Waals surface area (Å²) in [6, 6.07) is 23.8. The van der Waals surface area contributed by atoms with Gasteiger partial charge in [-0.05, 0) is 42.8 Å². The molecule has 0 saturated carbocycles. The number of halogens is 1.